The maximum absolute atomic E-state index is 11.8. The first-order chi connectivity index (χ1) is 50.0. The molecular weight excluding hydrogens is 1370 g/mol. The second-order valence-electron chi connectivity index (χ2n) is 31.1. The molecular formula is C79H150N14O14. The van der Waals surface area contributed by atoms with Gasteiger partial charge in [0.1, 0.15) is 30.5 Å². The number of Topliss-reactive ketones (excluding diaryl/α,β-unsaturated/α-hetero) is 1. The number of nitrogens with one attached hydrogen (secondary N) is 4. The molecule has 0 bridgehead atoms. The molecule has 23 N–H and O–H groups in total. The Balaban J connectivity index is 0.000000672. The summed E-state index contributed by atoms with van der Waals surface area (Å²) in [5, 5.41) is 62.7. The standard InChI is InChI=1S/C17H34N4O2.C17H31NO2.C15H28N4O5.C15H28N4O4.C15H29NO/c1-6-11(7-2)15(20-10(5)22)14-13(21-17(18)19)8-12(9(3)4)16(14)23;1-7-15(8-2)20-17-10-14(13(6)19)9-16(12(17)5)18-11(3)4;1-7(2)11-5-9(19-15(16)17)12(18-8(3)21)14(24-11)13(23-4)10(22)6-20;1-5-10(21)13(22)14-12(18-8(4)20)9(19-15(16)17)6-11(23-14)7(2)3;1-6-13(7-2)17-15-9-12(10(3)4)8-14(16)11(15)5/h9,11-16,23H,6-8H2,1-5H3,(H,20,22)(H4,18,19,21);10-12,15-18H,7-9H2,1-6H3;5,7,9-10,12-14,20,22H,6H2,1-4H3,(H,18,21)(H4,16,17,19);6-7,9-10,12-14,21-22H,5H2,1-4H3,(H,18,20)(H4,16,17,19);9-11,13-15H,6-8,16H2,1-5H3/t12?,13?,14-,15+,16-;12-,16+,17-;9-,10+,12+,13+,14+;9-,10+,12-,13+,14+;11-,14+,15-/m11001/s1. The van der Waals surface area contributed by atoms with Crippen LogP contribution in [0, 0.1) is 53.3 Å². The quantitative estimate of drug-likeness (QED) is 0.0213. The molecule has 28 nitrogen and oxygen atoms in total. The van der Waals surface area contributed by atoms with Gasteiger partial charge in [0, 0.05) is 81.6 Å². The van der Waals surface area contributed by atoms with Gasteiger partial charge >= 0.3 is 0 Å². The summed E-state index contributed by atoms with van der Waals surface area (Å²) in [5.74, 6) is 2.58. The van der Waals surface area contributed by atoms with Crippen molar-refractivity contribution < 1.29 is 68.4 Å². The summed E-state index contributed by atoms with van der Waals surface area (Å²) in [5.41, 5.74) is 41.8. The Morgan fingerprint density at radius 1 is 0.598 bits per heavy atom. The first-order valence-electron chi connectivity index (χ1n) is 39.4. The topological polar surface area (TPSA) is 483 Å². The largest absolute Gasteiger partial charge is 0.490 e. The second kappa shape index (κ2) is 49.3. The molecule has 107 heavy (non-hydrogen) atoms. The molecule has 0 radical (unpaired) electrons. The van der Waals surface area contributed by atoms with E-state index in [-0.39, 0.29) is 101 Å². The molecule has 620 valence electrons. The Morgan fingerprint density at radius 2 is 1.06 bits per heavy atom. The molecule has 1 fully saturated rings. The summed E-state index contributed by atoms with van der Waals surface area (Å²) >= 11 is 0. The van der Waals surface area contributed by atoms with Crippen molar-refractivity contribution in [3.8, 4) is 0 Å². The number of methoxy groups -OCH3 is 1. The molecule has 2 unspecified atom stereocenters. The number of hydrogen-bond donors (Lipinski definition) is 16. The van der Waals surface area contributed by atoms with Crippen LogP contribution >= 0.6 is 0 Å². The number of carbonyl (C=O) groups excluding carboxylic acids is 4. The van der Waals surface area contributed by atoms with Crippen molar-refractivity contribution in [3.63, 3.8) is 0 Å². The number of rotatable bonds is 32. The van der Waals surface area contributed by atoms with Crippen LogP contribution < -0.4 is 61.4 Å². The number of hydrogen-bond acceptors (Lipinski definition) is 19. The van der Waals surface area contributed by atoms with Crippen molar-refractivity contribution in [2.45, 2.75) is 345 Å². The smallest absolute Gasteiger partial charge is 0.217 e. The molecule has 2 heterocycles. The SMILES string of the molecule is CCC(CC)O[C@@H]1C=C(C(C)=O)C[C@H](NC(C)C)[C@H]1C.CCC(CC)O[C@@H]1C=C(C(C)C)C[C@H](N)[C@H]1C.CCC(CC)[C@H](NC(C)=O)[C@H]1C(N=C(N)N)CC(C(C)C)[C@H]1O.CC[C@@H](O)[C@@H](O)[C@@H]1OC(C(C)C)=C[C@H](N=C(N)N)[C@@H]1NC(C)=O.CO[C@@H]([C@@H]1OC(C(C)C)=C[C@H](N=C(N)N)[C@H]1NC(C)=O)[C@H](O)CO. The molecule has 5 rings (SSSR count). The Labute approximate surface area is 642 Å². The van der Waals surface area contributed by atoms with Crippen LogP contribution in [0.4, 0.5) is 0 Å². The van der Waals surface area contributed by atoms with Crippen molar-refractivity contribution in [2.75, 3.05) is 13.7 Å². The number of allylic oxidation sites excluding steroid dienone is 2. The summed E-state index contributed by atoms with van der Waals surface area (Å²) in [6, 6.07) is -1.81. The van der Waals surface area contributed by atoms with Crippen molar-refractivity contribution in [2.24, 2.45) is 108 Å². The number of aliphatic imine (C=N–C) groups is 3. The van der Waals surface area contributed by atoms with Gasteiger partial charge in [0.25, 0.3) is 0 Å². The fourth-order valence-electron chi connectivity index (χ4n) is 14.5. The zero-order valence-corrected chi connectivity index (χ0v) is 69.6. The van der Waals surface area contributed by atoms with E-state index < -0.39 is 73.5 Å². The third-order valence-electron chi connectivity index (χ3n) is 21.0. The third kappa shape index (κ3) is 32.5. The zero-order chi connectivity index (χ0) is 82.2. The van der Waals surface area contributed by atoms with Crippen molar-refractivity contribution in [3.05, 3.63) is 47.0 Å². The van der Waals surface area contributed by atoms with E-state index in [4.69, 9.17) is 63.8 Å². The van der Waals surface area contributed by atoms with Gasteiger partial charge in [-0.05, 0) is 106 Å². The molecule has 0 saturated heterocycles. The van der Waals surface area contributed by atoms with Gasteiger partial charge in [0.15, 0.2) is 23.7 Å². The summed E-state index contributed by atoms with van der Waals surface area (Å²) < 4.78 is 29.5. The van der Waals surface area contributed by atoms with Gasteiger partial charge < -0.3 is 111 Å². The van der Waals surface area contributed by atoms with Crippen LogP contribution in [0.2, 0.25) is 0 Å². The van der Waals surface area contributed by atoms with E-state index in [2.05, 4.69) is 145 Å². The number of nitrogens with two attached hydrogens (primary N) is 7. The van der Waals surface area contributed by atoms with Gasteiger partial charge in [-0.1, -0.05) is 156 Å². The van der Waals surface area contributed by atoms with Crippen molar-refractivity contribution >= 4 is 41.4 Å². The lowest BCUT2D eigenvalue weighted by atomic mass is 9.79. The first kappa shape index (κ1) is 99.1. The number of ether oxygens (including phenoxy) is 5. The number of guanidine groups is 3. The third-order valence-corrected chi connectivity index (χ3v) is 21.0. The van der Waals surface area contributed by atoms with E-state index in [0.717, 1.165) is 63.4 Å². The molecule has 0 spiro atoms. The van der Waals surface area contributed by atoms with Crippen LogP contribution in [0.3, 0.4) is 0 Å². The Bertz CT molecular complexity index is 2850. The van der Waals surface area contributed by atoms with E-state index in [0.29, 0.717) is 65.7 Å². The molecule has 1 saturated carbocycles. The Hall–Kier alpha value is -5.95. The van der Waals surface area contributed by atoms with Crippen LogP contribution in [0.1, 0.15) is 223 Å². The summed E-state index contributed by atoms with van der Waals surface area (Å²) in [6.07, 6.45) is 11.4. The van der Waals surface area contributed by atoms with E-state index in [1.54, 1.807) is 26.0 Å². The van der Waals surface area contributed by atoms with E-state index in [1.807, 2.05) is 27.7 Å². The number of aliphatic hydroxyl groups is 5. The van der Waals surface area contributed by atoms with E-state index in [1.165, 1.54) is 33.5 Å². The lowest BCUT2D eigenvalue weighted by Gasteiger charge is -2.41. The van der Waals surface area contributed by atoms with Gasteiger partial charge in [-0.2, -0.15) is 0 Å². The Kier molecular flexibility index (Phi) is 45.7. The van der Waals surface area contributed by atoms with Gasteiger partial charge in [-0.3, -0.25) is 19.2 Å². The fourth-order valence-corrected chi connectivity index (χ4v) is 14.5. The average Bonchev–Trinajstić information content (AvgIpc) is 1.77. The minimum Gasteiger partial charge on any atom is -0.490 e. The zero-order valence-electron chi connectivity index (χ0n) is 69.6. The molecule has 3 aliphatic carbocycles. The minimum atomic E-state index is -1.19. The van der Waals surface area contributed by atoms with Crippen LogP contribution in [-0.2, 0) is 42.9 Å². The maximum Gasteiger partial charge on any atom is 0.217 e. The van der Waals surface area contributed by atoms with Gasteiger partial charge in [-0.15, -0.1) is 0 Å². The summed E-state index contributed by atoms with van der Waals surface area (Å²) in [4.78, 5) is 59.3. The molecule has 2 aliphatic heterocycles. The fraction of sp³-hybridized carbons (Fsp3) is 0.810. The second-order valence-corrected chi connectivity index (χ2v) is 31.1. The van der Waals surface area contributed by atoms with Crippen molar-refractivity contribution in [1.29, 1.82) is 0 Å². The lowest BCUT2D eigenvalue weighted by molar-refractivity contribution is -0.133. The number of aliphatic hydroxyl groups excluding tert-OH is 5. The van der Waals surface area contributed by atoms with Crippen LogP contribution in [0.25, 0.3) is 0 Å². The first-order valence-corrected chi connectivity index (χ1v) is 39.4. The molecule has 0 aromatic heterocycles. The Morgan fingerprint density at radius 3 is 1.42 bits per heavy atom. The highest BCUT2D eigenvalue weighted by Gasteiger charge is 2.50. The highest BCUT2D eigenvalue weighted by atomic mass is 16.6. The molecule has 0 aromatic rings. The number of nitrogens with zero attached hydrogens (tertiary/aromatic N) is 3. The predicted octanol–water partition coefficient (Wildman–Crippen LogP) is 5.86. The average molecular weight is 1520 g/mol. The normalized spacial score (nSPS) is 27.6. The molecule has 5 aliphatic rings. The highest BCUT2D eigenvalue weighted by Crippen LogP contribution is 2.43. The van der Waals surface area contributed by atoms with Gasteiger partial charge in [0.2, 0.25) is 17.7 Å². The van der Waals surface area contributed by atoms with Crippen molar-refractivity contribution in [1.82, 2.24) is 21.3 Å². The maximum atomic E-state index is 11.8. The molecule has 3 amide bonds. The van der Waals surface area contributed by atoms with Gasteiger partial charge in [0.05, 0.1) is 85.0 Å². The molecule has 21 atom stereocenters. The van der Waals surface area contributed by atoms with Crippen LogP contribution in [0.5, 0.6) is 0 Å². The number of ketones is 1. The minimum absolute atomic E-state index is 0.0336. The van der Waals surface area contributed by atoms with E-state index >= 15 is 0 Å². The number of carbonyl (C=O) groups is 4. The van der Waals surface area contributed by atoms with Crippen LogP contribution in [-0.4, -0.2) is 202 Å². The summed E-state index contributed by atoms with van der Waals surface area (Å²) in [6.45, 7) is 45.2. The predicted molar refractivity (Wildman–Crippen MR) is 428 cm³/mol. The highest BCUT2D eigenvalue weighted by molar-refractivity contribution is 5.93. The molecule has 28 heteroatoms. The lowest BCUT2D eigenvalue weighted by Crippen LogP contribution is -2.60. The van der Waals surface area contributed by atoms with Gasteiger partial charge in [-0.25, -0.2) is 15.0 Å². The van der Waals surface area contributed by atoms with Crippen LogP contribution in [0.15, 0.2) is 61.9 Å². The molecule has 0 aromatic carbocycles. The monoisotopic (exact) mass is 1520 g/mol. The number of amides is 3. The van der Waals surface area contributed by atoms with E-state index in [9.17, 15) is 44.7 Å². The summed E-state index contributed by atoms with van der Waals surface area (Å²) in [7, 11) is 1.39.